The van der Waals surface area contributed by atoms with E-state index in [1.54, 1.807) is 7.11 Å². The number of hydrogen-bond acceptors (Lipinski definition) is 3. The molecule has 0 fully saturated rings. The average molecular weight is 281 g/mol. The third-order valence-electron chi connectivity index (χ3n) is 3.02. The second kappa shape index (κ2) is 8.11. The molecule has 2 N–H and O–H groups in total. The van der Waals surface area contributed by atoms with Gasteiger partial charge in [0.05, 0.1) is 19.8 Å². The molecule has 0 aliphatic carbocycles. The molecule has 1 unspecified atom stereocenters. The van der Waals surface area contributed by atoms with Gasteiger partial charge < -0.3 is 15.2 Å². The van der Waals surface area contributed by atoms with E-state index in [1.807, 2.05) is 54.6 Å². The van der Waals surface area contributed by atoms with Crippen LogP contribution in [0.5, 0.6) is 5.75 Å². The quantitative estimate of drug-likeness (QED) is 0.677. The fourth-order valence-corrected chi connectivity index (χ4v) is 1.84. The topological polar surface area (TPSA) is 44.5 Å². The molecule has 0 aliphatic rings. The van der Waals surface area contributed by atoms with Crippen molar-refractivity contribution in [1.82, 2.24) is 0 Å². The van der Waals surface area contributed by atoms with E-state index >= 15 is 0 Å². The Labute approximate surface area is 125 Å². The lowest BCUT2D eigenvalue weighted by Gasteiger charge is -2.06. The molecule has 0 bridgehead atoms. The summed E-state index contributed by atoms with van der Waals surface area (Å²) in [6.45, 7) is 0.937. The Kier molecular flexibility index (Phi) is 5.83. The van der Waals surface area contributed by atoms with E-state index in [0.717, 1.165) is 16.9 Å². The van der Waals surface area contributed by atoms with Crippen LogP contribution in [0.3, 0.4) is 0 Å². The van der Waals surface area contributed by atoms with Gasteiger partial charge >= 0.3 is 0 Å². The highest BCUT2D eigenvalue weighted by Crippen LogP contribution is 2.15. The molecular weight excluding hydrogens is 262 g/mol. The maximum absolute atomic E-state index is 6.01. The highest BCUT2D eigenvalue weighted by Gasteiger charge is 2.01. The van der Waals surface area contributed by atoms with Crippen molar-refractivity contribution in [2.45, 2.75) is 12.6 Å². The van der Waals surface area contributed by atoms with Crippen LogP contribution >= 0.6 is 0 Å². The van der Waals surface area contributed by atoms with Crippen molar-refractivity contribution in [3.8, 4) is 17.6 Å². The Hall–Kier alpha value is -2.28. The smallest absolute Gasteiger partial charge is 0.118 e. The molecule has 0 radical (unpaired) electrons. The first-order valence-corrected chi connectivity index (χ1v) is 6.79. The van der Waals surface area contributed by atoms with Gasteiger partial charge in [-0.2, -0.15) is 0 Å². The molecule has 0 saturated carbocycles. The Bertz CT molecular complexity index is 597. The van der Waals surface area contributed by atoms with Crippen LogP contribution in [0, 0.1) is 11.8 Å². The summed E-state index contributed by atoms with van der Waals surface area (Å²) >= 11 is 0. The van der Waals surface area contributed by atoms with Gasteiger partial charge in [-0.25, -0.2) is 0 Å². The lowest BCUT2D eigenvalue weighted by atomic mass is 10.1. The number of rotatable bonds is 5. The monoisotopic (exact) mass is 281 g/mol. The lowest BCUT2D eigenvalue weighted by Crippen LogP contribution is -2.07. The van der Waals surface area contributed by atoms with E-state index in [9.17, 15) is 0 Å². The number of methoxy groups -OCH3 is 1. The molecule has 108 valence electrons. The summed E-state index contributed by atoms with van der Waals surface area (Å²) < 4.78 is 10.6. The highest BCUT2D eigenvalue weighted by atomic mass is 16.5. The fourth-order valence-electron chi connectivity index (χ4n) is 1.84. The third kappa shape index (κ3) is 4.96. The number of nitrogens with two attached hydrogens (primary N) is 1. The van der Waals surface area contributed by atoms with Gasteiger partial charge in [-0.05, 0) is 23.3 Å². The predicted molar refractivity (Wildman–Crippen MR) is 83.8 cm³/mol. The van der Waals surface area contributed by atoms with Crippen LogP contribution in [0.25, 0.3) is 0 Å². The molecule has 0 aromatic heterocycles. The number of ether oxygens (including phenoxy) is 2. The van der Waals surface area contributed by atoms with Gasteiger partial charge in [-0.1, -0.05) is 54.3 Å². The van der Waals surface area contributed by atoms with E-state index in [0.29, 0.717) is 13.2 Å². The van der Waals surface area contributed by atoms with Gasteiger partial charge in [0.15, 0.2) is 0 Å². The number of hydrogen-bond donors (Lipinski definition) is 1. The van der Waals surface area contributed by atoms with Crippen molar-refractivity contribution in [1.29, 1.82) is 0 Å². The average Bonchev–Trinajstić information content (AvgIpc) is 2.55. The summed E-state index contributed by atoms with van der Waals surface area (Å²) in [4.78, 5) is 0. The van der Waals surface area contributed by atoms with E-state index in [1.165, 1.54) is 0 Å². The van der Waals surface area contributed by atoms with Crippen molar-refractivity contribution in [3.63, 3.8) is 0 Å². The van der Waals surface area contributed by atoms with Crippen molar-refractivity contribution < 1.29 is 9.47 Å². The summed E-state index contributed by atoms with van der Waals surface area (Å²) in [5.41, 5.74) is 8.11. The molecule has 21 heavy (non-hydrogen) atoms. The molecule has 0 spiro atoms. The zero-order valence-corrected chi connectivity index (χ0v) is 12.1. The molecule has 3 nitrogen and oxygen atoms in total. The van der Waals surface area contributed by atoms with Gasteiger partial charge in [0.2, 0.25) is 0 Å². The van der Waals surface area contributed by atoms with Crippen LogP contribution in [0.2, 0.25) is 0 Å². The minimum absolute atomic E-state index is 0.309. The van der Waals surface area contributed by atoms with E-state index in [4.69, 9.17) is 15.2 Å². The first kappa shape index (κ1) is 15.1. The van der Waals surface area contributed by atoms with Crippen LogP contribution in [0.1, 0.15) is 17.2 Å². The van der Waals surface area contributed by atoms with Gasteiger partial charge in [-0.15, -0.1) is 0 Å². The fraction of sp³-hybridized carbons (Fsp3) is 0.222. The SMILES string of the molecule is COc1ccc(C(N)C#CCOCc2ccccc2)cc1. The minimum atomic E-state index is -0.309. The first-order chi connectivity index (χ1) is 10.3. The minimum Gasteiger partial charge on any atom is -0.497 e. The molecule has 3 heteroatoms. The zero-order chi connectivity index (χ0) is 14.9. The molecular formula is C18H19NO2. The Morgan fingerprint density at radius 1 is 1.05 bits per heavy atom. The van der Waals surface area contributed by atoms with Crippen LogP contribution in [-0.2, 0) is 11.3 Å². The van der Waals surface area contributed by atoms with Gasteiger partial charge in [0.25, 0.3) is 0 Å². The Balaban J connectivity index is 1.78. The maximum Gasteiger partial charge on any atom is 0.118 e. The summed E-state index contributed by atoms with van der Waals surface area (Å²) in [7, 11) is 1.64. The standard InChI is InChI=1S/C18H19NO2/c1-20-17-11-9-16(10-12-17)18(19)8-5-13-21-14-15-6-3-2-4-7-15/h2-4,6-7,9-12,18H,13-14,19H2,1H3. The van der Waals surface area contributed by atoms with Gasteiger partial charge in [-0.3, -0.25) is 0 Å². The number of benzene rings is 2. The summed E-state index contributed by atoms with van der Waals surface area (Å²) in [5, 5.41) is 0. The van der Waals surface area contributed by atoms with Crippen molar-refractivity contribution in [2.24, 2.45) is 5.73 Å². The van der Waals surface area contributed by atoms with Crippen molar-refractivity contribution in [2.75, 3.05) is 13.7 Å². The maximum atomic E-state index is 6.01. The molecule has 0 aliphatic heterocycles. The lowest BCUT2D eigenvalue weighted by molar-refractivity contribution is 0.153. The van der Waals surface area contributed by atoms with E-state index in [-0.39, 0.29) is 6.04 Å². The van der Waals surface area contributed by atoms with E-state index < -0.39 is 0 Å². The second-order valence-corrected chi connectivity index (χ2v) is 4.55. The van der Waals surface area contributed by atoms with Gasteiger partial charge in [0.1, 0.15) is 12.4 Å². The molecule has 0 amide bonds. The normalized spacial score (nSPS) is 11.3. The molecule has 2 aromatic carbocycles. The van der Waals surface area contributed by atoms with Crippen molar-refractivity contribution >= 4 is 0 Å². The third-order valence-corrected chi connectivity index (χ3v) is 3.02. The molecule has 1 atom stereocenters. The second-order valence-electron chi connectivity index (χ2n) is 4.55. The van der Waals surface area contributed by atoms with Crippen LogP contribution in [-0.4, -0.2) is 13.7 Å². The molecule has 2 rings (SSSR count). The summed E-state index contributed by atoms with van der Waals surface area (Å²) in [6.07, 6.45) is 0. The van der Waals surface area contributed by atoms with Crippen molar-refractivity contribution in [3.05, 3.63) is 65.7 Å². The van der Waals surface area contributed by atoms with Gasteiger partial charge in [0, 0.05) is 0 Å². The van der Waals surface area contributed by atoms with Crippen LogP contribution in [0.15, 0.2) is 54.6 Å². The Morgan fingerprint density at radius 3 is 2.43 bits per heavy atom. The first-order valence-electron chi connectivity index (χ1n) is 6.79. The summed E-state index contributed by atoms with van der Waals surface area (Å²) in [6, 6.07) is 17.3. The zero-order valence-electron chi connectivity index (χ0n) is 12.1. The van der Waals surface area contributed by atoms with Crippen LogP contribution in [0.4, 0.5) is 0 Å². The molecule has 0 saturated heterocycles. The largest absolute Gasteiger partial charge is 0.497 e. The molecule has 2 aromatic rings. The van der Waals surface area contributed by atoms with Crippen LogP contribution < -0.4 is 10.5 Å². The Morgan fingerprint density at radius 2 is 1.76 bits per heavy atom. The van der Waals surface area contributed by atoms with E-state index in [2.05, 4.69) is 11.8 Å². The highest BCUT2D eigenvalue weighted by molar-refractivity contribution is 5.32. The predicted octanol–water partition coefficient (Wildman–Crippen LogP) is 2.92. The molecule has 0 heterocycles. The summed E-state index contributed by atoms with van der Waals surface area (Å²) in [5.74, 6) is 6.75.